The Morgan fingerprint density at radius 3 is 2.42 bits per heavy atom. The Labute approximate surface area is 145 Å². The number of hydrogen-bond donors (Lipinski definition) is 2. The van der Waals surface area contributed by atoms with Crippen molar-refractivity contribution in [1.82, 2.24) is 10.2 Å². The fraction of sp³-hybridized carbons (Fsp3) is 0.471. The molecule has 0 radical (unpaired) electrons. The lowest BCUT2D eigenvalue weighted by molar-refractivity contribution is -0.142. The molecule has 2 rings (SSSR count). The van der Waals surface area contributed by atoms with Crippen molar-refractivity contribution in [1.29, 1.82) is 0 Å². The summed E-state index contributed by atoms with van der Waals surface area (Å²) >= 11 is 5.88. The normalized spacial score (nSPS) is 21.4. The summed E-state index contributed by atoms with van der Waals surface area (Å²) in [7, 11) is 0. The van der Waals surface area contributed by atoms with Gasteiger partial charge in [0.15, 0.2) is 0 Å². The second-order valence-electron chi connectivity index (χ2n) is 6.23. The lowest BCUT2D eigenvalue weighted by Gasteiger charge is -2.22. The van der Waals surface area contributed by atoms with Crippen LogP contribution < -0.4 is 5.32 Å². The van der Waals surface area contributed by atoms with Gasteiger partial charge >= 0.3 is 5.97 Å². The van der Waals surface area contributed by atoms with Crippen LogP contribution in [0.4, 0.5) is 0 Å². The molecule has 1 fully saturated rings. The molecule has 1 unspecified atom stereocenters. The highest BCUT2D eigenvalue weighted by molar-refractivity contribution is 6.30. The largest absolute Gasteiger partial charge is 0.481 e. The van der Waals surface area contributed by atoms with Crippen LogP contribution in [-0.4, -0.2) is 40.9 Å². The third kappa shape index (κ3) is 4.47. The quantitative estimate of drug-likeness (QED) is 0.849. The van der Waals surface area contributed by atoms with Gasteiger partial charge in [-0.05, 0) is 23.6 Å². The van der Waals surface area contributed by atoms with Crippen molar-refractivity contribution < 1.29 is 19.5 Å². The molecule has 7 heteroatoms. The van der Waals surface area contributed by atoms with E-state index in [9.17, 15) is 19.5 Å². The van der Waals surface area contributed by atoms with Crippen molar-refractivity contribution in [2.75, 3.05) is 13.1 Å². The SMILES string of the molecule is CC(=O)NC(CC(=O)N1C[C@@H](C)[C@H](C(=O)O)C1)c1ccc(Cl)cc1. The fourth-order valence-corrected chi connectivity index (χ4v) is 3.11. The number of likely N-dealkylation sites (tertiary alicyclic amines) is 1. The van der Waals surface area contributed by atoms with E-state index < -0.39 is 17.9 Å². The first-order valence-electron chi connectivity index (χ1n) is 7.81. The summed E-state index contributed by atoms with van der Waals surface area (Å²) in [5, 5.41) is 12.5. The van der Waals surface area contributed by atoms with Crippen LogP contribution in [0, 0.1) is 11.8 Å². The van der Waals surface area contributed by atoms with Gasteiger partial charge in [-0.1, -0.05) is 30.7 Å². The number of carboxylic acid groups (broad SMARTS) is 1. The van der Waals surface area contributed by atoms with Gasteiger partial charge in [-0.25, -0.2) is 0 Å². The monoisotopic (exact) mass is 352 g/mol. The lowest BCUT2D eigenvalue weighted by atomic mass is 9.99. The molecule has 1 aliphatic heterocycles. The Balaban J connectivity index is 2.09. The molecule has 24 heavy (non-hydrogen) atoms. The maximum Gasteiger partial charge on any atom is 0.308 e. The highest BCUT2D eigenvalue weighted by Crippen LogP contribution is 2.26. The standard InChI is InChI=1S/C17H21ClN2O4/c1-10-8-20(9-14(10)17(23)24)16(22)7-15(19-11(2)21)12-3-5-13(18)6-4-12/h3-6,10,14-15H,7-9H2,1-2H3,(H,19,21)(H,23,24)/t10-,14-,15?/m1/s1. The first kappa shape index (κ1) is 18.3. The molecule has 2 amide bonds. The van der Waals surface area contributed by atoms with Crippen LogP contribution >= 0.6 is 11.6 Å². The number of aliphatic carboxylic acids is 1. The molecular formula is C17H21ClN2O4. The molecular weight excluding hydrogens is 332 g/mol. The van der Waals surface area contributed by atoms with E-state index in [0.717, 1.165) is 5.56 Å². The van der Waals surface area contributed by atoms with E-state index in [2.05, 4.69) is 5.32 Å². The molecule has 1 saturated heterocycles. The van der Waals surface area contributed by atoms with Gasteiger partial charge in [0.05, 0.1) is 18.4 Å². The van der Waals surface area contributed by atoms with Gasteiger partial charge in [0.1, 0.15) is 0 Å². The summed E-state index contributed by atoms with van der Waals surface area (Å²) in [5.41, 5.74) is 0.782. The predicted octanol–water partition coefficient (Wildman–Crippen LogP) is 2.09. The first-order valence-corrected chi connectivity index (χ1v) is 8.19. The Hall–Kier alpha value is -2.08. The smallest absolute Gasteiger partial charge is 0.308 e. The number of halogens is 1. The van der Waals surface area contributed by atoms with Crippen molar-refractivity contribution in [3.8, 4) is 0 Å². The number of carbonyl (C=O) groups excluding carboxylic acids is 2. The Bertz CT molecular complexity index is 632. The van der Waals surface area contributed by atoms with Crippen molar-refractivity contribution in [3.63, 3.8) is 0 Å². The molecule has 1 aliphatic rings. The first-order chi connectivity index (χ1) is 11.3. The van der Waals surface area contributed by atoms with E-state index in [1.807, 2.05) is 6.92 Å². The highest BCUT2D eigenvalue weighted by Gasteiger charge is 2.37. The van der Waals surface area contributed by atoms with Crippen molar-refractivity contribution >= 4 is 29.4 Å². The van der Waals surface area contributed by atoms with E-state index in [1.165, 1.54) is 6.92 Å². The minimum absolute atomic E-state index is 0.0822. The lowest BCUT2D eigenvalue weighted by Crippen LogP contribution is -2.35. The van der Waals surface area contributed by atoms with Crippen molar-refractivity contribution in [2.45, 2.75) is 26.3 Å². The Morgan fingerprint density at radius 1 is 1.29 bits per heavy atom. The molecule has 2 N–H and O–H groups in total. The molecule has 1 heterocycles. The van der Waals surface area contributed by atoms with Crippen molar-refractivity contribution in [3.05, 3.63) is 34.9 Å². The number of benzene rings is 1. The summed E-state index contributed by atoms with van der Waals surface area (Å²) in [6, 6.07) is 6.47. The van der Waals surface area contributed by atoms with Crippen LogP contribution in [0.5, 0.6) is 0 Å². The van der Waals surface area contributed by atoms with Gasteiger partial charge in [-0.15, -0.1) is 0 Å². The Kier molecular flexibility index (Phi) is 5.83. The number of carboxylic acids is 1. The van der Waals surface area contributed by atoms with Crippen LogP contribution in [0.2, 0.25) is 5.02 Å². The zero-order valence-corrected chi connectivity index (χ0v) is 14.4. The maximum absolute atomic E-state index is 12.5. The van der Waals surface area contributed by atoms with E-state index >= 15 is 0 Å². The number of rotatable bonds is 5. The number of nitrogens with one attached hydrogen (secondary N) is 1. The van der Waals surface area contributed by atoms with E-state index in [1.54, 1.807) is 29.2 Å². The summed E-state index contributed by atoms with van der Waals surface area (Å²) in [6.45, 7) is 3.86. The number of amides is 2. The molecule has 0 aliphatic carbocycles. The van der Waals surface area contributed by atoms with Crippen LogP contribution in [0.3, 0.4) is 0 Å². The van der Waals surface area contributed by atoms with Crippen LogP contribution in [0.1, 0.15) is 31.9 Å². The maximum atomic E-state index is 12.5. The predicted molar refractivity (Wildman–Crippen MR) is 89.5 cm³/mol. The second-order valence-corrected chi connectivity index (χ2v) is 6.67. The highest BCUT2D eigenvalue weighted by atomic mass is 35.5. The molecule has 0 spiro atoms. The van der Waals surface area contributed by atoms with E-state index in [0.29, 0.717) is 11.6 Å². The zero-order chi connectivity index (χ0) is 17.9. The molecule has 130 valence electrons. The zero-order valence-electron chi connectivity index (χ0n) is 13.7. The van der Waals surface area contributed by atoms with Gasteiger partial charge in [-0.2, -0.15) is 0 Å². The van der Waals surface area contributed by atoms with Gasteiger partial charge < -0.3 is 15.3 Å². The van der Waals surface area contributed by atoms with Crippen LogP contribution in [-0.2, 0) is 14.4 Å². The number of nitrogens with zero attached hydrogens (tertiary/aromatic N) is 1. The molecule has 6 nitrogen and oxygen atoms in total. The van der Waals surface area contributed by atoms with Gasteiger partial charge in [0, 0.05) is 25.0 Å². The Morgan fingerprint density at radius 2 is 1.92 bits per heavy atom. The number of carbonyl (C=O) groups is 3. The van der Waals surface area contributed by atoms with E-state index in [-0.39, 0.29) is 30.7 Å². The summed E-state index contributed by atoms with van der Waals surface area (Å²) < 4.78 is 0. The average Bonchev–Trinajstić information content (AvgIpc) is 2.89. The van der Waals surface area contributed by atoms with Crippen LogP contribution in [0.25, 0.3) is 0 Å². The summed E-state index contributed by atoms with van der Waals surface area (Å²) in [6.07, 6.45) is 0.0836. The molecule has 0 aromatic heterocycles. The van der Waals surface area contributed by atoms with Crippen molar-refractivity contribution in [2.24, 2.45) is 11.8 Å². The summed E-state index contributed by atoms with van der Waals surface area (Å²) in [4.78, 5) is 36.8. The molecule has 3 atom stereocenters. The van der Waals surface area contributed by atoms with E-state index in [4.69, 9.17) is 11.6 Å². The van der Waals surface area contributed by atoms with Crippen LogP contribution in [0.15, 0.2) is 24.3 Å². The summed E-state index contributed by atoms with van der Waals surface area (Å²) in [5.74, 6) is -1.90. The third-order valence-corrected chi connectivity index (χ3v) is 4.56. The number of hydrogen-bond acceptors (Lipinski definition) is 3. The molecule has 0 bridgehead atoms. The molecule has 1 aromatic carbocycles. The average molecular weight is 353 g/mol. The third-order valence-electron chi connectivity index (χ3n) is 4.31. The fourth-order valence-electron chi connectivity index (χ4n) is 2.99. The molecule has 1 aromatic rings. The topological polar surface area (TPSA) is 86.7 Å². The minimum Gasteiger partial charge on any atom is -0.481 e. The van der Waals surface area contributed by atoms with Gasteiger partial charge in [0.2, 0.25) is 11.8 Å². The van der Waals surface area contributed by atoms with Gasteiger partial charge in [0.25, 0.3) is 0 Å². The van der Waals surface area contributed by atoms with Gasteiger partial charge in [-0.3, -0.25) is 14.4 Å². The minimum atomic E-state index is -0.881. The molecule has 0 saturated carbocycles. The second kappa shape index (κ2) is 7.66.